The van der Waals surface area contributed by atoms with Gasteiger partial charge in [0.05, 0.1) is 6.26 Å². The Labute approximate surface area is 108 Å². The third kappa shape index (κ3) is 2.21. The van der Waals surface area contributed by atoms with E-state index >= 15 is 0 Å². The molecule has 0 aliphatic carbocycles. The van der Waals surface area contributed by atoms with Crippen molar-refractivity contribution in [3.8, 4) is 11.6 Å². The summed E-state index contributed by atoms with van der Waals surface area (Å²) >= 11 is 5.81. The highest BCUT2D eigenvalue weighted by molar-refractivity contribution is 6.30. The maximum Gasteiger partial charge on any atom is 0.246 e. The molecule has 0 saturated carbocycles. The molecule has 0 bridgehead atoms. The molecule has 0 fully saturated rings. The van der Waals surface area contributed by atoms with Gasteiger partial charge < -0.3 is 9.73 Å². The highest BCUT2D eigenvalue weighted by atomic mass is 35.5. The second-order valence-corrected chi connectivity index (χ2v) is 4.05. The maximum absolute atomic E-state index is 5.81. The average molecular weight is 261 g/mol. The van der Waals surface area contributed by atoms with Crippen molar-refractivity contribution in [1.29, 1.82) is 0 Å². The summed E-state index contributed by atoms with van der Waals surface area (Å²) < 4.78 is 5.22. The Morgan fingerprint density at radius 1 is 1.17 bits per heavy atom. The van der Waals surface area contributed by atoms with Crippen molar-refractivity contribution in [1.82, 2.24) is 15.2 Å². The predicted octanol–water partition coefficient (Wildman–Crippen LogP) is 3.46. The molecular formula is C12H9ClN4O. The first-order valence-electron chi connectivity index (χ1n) is 5.30. The van der Waals surface area contributed by atoms with Gasteiger partial charge in [0, 0.05) is 10.7 Å². The maximum atomic E-state index is 5.81. The lowest BCUT2D eigenvalue weighted by atomic mass is 10.3. The van der Waals surface area contributed by atoms with Crippen molar-refractivity contribution in [3.63, 3.8) is 0 Å². The van der Waals surface area contributed by atoms with Gasteiger partial charge in [0.2, 0.25) is 5.95 Å². The Bertz CT molecular complexity index is 630. The monoisotopic (exact) mass is 260 g/mol. The van der Waals surface area contributed by atoms with E-state index in [1.54, 1.807) is 24.5 Å². The normalized spacial score (nSPS) is 10.5. The van der Waals surface area contributed by atoms with Crippen LogP contribution < -0.4 is 5.32 Å². The van der Waals surface area contributed by atoms with Crippen LogP contribution in [0, 0.1) is 0 Å². The number of hydrogen-bond acceptors (Lipinski definition) is 4. The lowest BCUT2D eigenvalue weighted by Gasteiger charge is -2.00. The van der Waals surface area contributed by atoms with Crippen LogP contribution >= 0.6 is 11.6 Å². The summed E-state index contributed by atoms with van der Waals surface area (Å²) in [5, 5.41) is 10.6. The van der Waals surface area contributed by atoms with E-state index in [1.807, 2.05) is 18.2 Å². The Morgan fingerprint density at radius 3 is 2.72 bits per heavy atom. The number of furan rings is 1. The van der Waals surface area contributed by atoms with Gasteiger partial charge in [-0.15, -0.1) is 5.10 Å². The molecule has 0 atom stereocenters. The van der Waals surface area contributed by atoms with Crippen LogP contribution in [0.5, 0.6) is 0 Å². The van der Waals surface area contributed by atoms with Crippen molar-refractivity contribution in [3.05, 3.63) is 47.7 Å². The number of halogens is 1. The Balaban J connectivity index is 1.80. The number of anilines is 2. The van der Waals surface area contributed by atoms with E-state index < -0.39 is 0 Å². The van der Waals surface area contributed by atoms with Gasteiger partial charge in [-0.2, -0.15) is 4.98 Å². The van der Waals surface area contributed by atoms with Crippen LogP contribution in [0.4, 0.5) is 11.6 Å². The SMILES string of the molecule is Clc1ccc(Nc2n[nH]c(-c3ccco3)n2)cc1. The van der Waals surface area contributed by atoms with E-state index in [4.69, 9.17) is 16.0 Å². The zero-order valence-corrected chi connectivity index (χ0v) is 9.98. The summed E-state index contributed by atoms with van der Waals surface area (Å²) in [5.41, 5.74) is 0.865. The highest BCUT2D eigenvalue weighted by Gasteiger charge is 2.07. The van der Waals surface area contributed by atoms with Crippen LogP contribution in [0.15, 0.2) is 47.1 Å². The van der Waals surface area contributed by atoms with Gasteiger partial charge in [0.15, 0.2) is 11.6 Å². The molecule has 3 aromatic rings. The summed E-state index contributed by atoms with van der Waals surface area (Å²) in [4.78, 5) is 4.27. The van der Waals surface area contributed by atoms with E-state index in [-0.39, 0.29) is 0 Å². The molecule has 0 aliphatic heterocycles. The van der Waals surface area contributed by atoms with Crippen molar-refractivity contribution >= 4 is 23.2 Å². The molecule has 3 rings (SSSR count). The van der Waals surface area contributed by atoms with Crippen LogP contribution in [0.2, 0.25) is 5.02 Å². The number of hydrogen-bond donors (Lipinski definition) is 2. The molecule has 0 saturated heterocycles. The smallest absolute Gasteiger partial charge is 0.246 e. The van der Waals surface area contributed by atoms with Gasteiger partial charge in [-0.3, -0.25) is 5.10 Å². The van der Waals surface area contributed by atoms with Gasteiger partial charge in [-0.25, -0.2) is 0 Å². The molecule has 6 heteroatoms. The number of aromatic amines is 1. The minimum absolute atomic E-state index is 0.476. The van der Waals surface area contributed by atoms with Crippen LogP contribution in [0.1, 0.15) is 0 Å². The summed E-state index contributed by atoms with van der Waals surface area (Å²) in [5.74, 6) is 1.70. The molecule has 18 heavy (non-hydrogen) atoms. The fourth-order valence-corrected chi connectivity index (χ4v) is 1.63. The van der Waals surface area contributed by atoms with Gasteiger partial charge in [0.1, 0.15) is 0 Å². The molecule has 0 radical (unpaired) electrons. The molecule has 2 N–H and O–H groups in total. The Hall–Kier alpha value is -2.27. The Morgan fingerprint density at radius 2 is 2.00 bits per heavy atom. The molecule has 2 aromatic heterocycles. The van der Waals surface area contributed by atoms with E-state index in [2.05, 4.69) is 20.5 Å². The topological polar surface area (TPSA) is 66.7 Å². The van der Waals surface area contributed by atoms with Crippen molar-refractivity contribution < 1.29 is 4.42 Å². The van der Waals surface area contributed by atoms with E-state index in [0.29, 0.717) is 22.6 Å². The number of benzene rings is 1. The van der Waals surface area contributed by atoms with E-state index in [9.17, 15) is 0 Å². The fourth-order valence-electron chi connectivity index (χ4n) is 1.50. The van der Waals surface area contributed by atoms with Crippen LogP contribution in [-0.2, 0) is 0 Å². The molecule has 0 amide bonds. The molecule has 0 aliphatic rings. The van der Waals surface area contributed by atoms with Crippen molar-refractivity contribution in [2.75, 3.05) is 5.32 Å². The molecular weight excluding hydrogens is 252 g/mol. The molecule has 0 spiro atoms. The summed E-state index contributed by atoms with van der Waals surface area (Å²) in [6.07, 6.45) is 1.59. The summed E-state index contributed by atoms with van der Waals surface area (Å²) in [7, 11) is 0. The number of rotatable bonds is 3. The van der Waals surface area contributed by atoms with Crippen molar-refractivity contribution in [2.24, 2.45) is 0 Å². The third-order valence-electron chi connectivity index (χ3n) is 2.34. The second kappa shape index (κ2) is 4.54. The summed E-state index contributed by atoms with van der Waals surface area (Å²) in [6, 6.07) is 10.9. The van der Waals surface area contributed by atoms with Gasteiger partial charge >= 0.3 is 0 Å². The molecule has 5 nitrogen and oxygen atoms in total. The molecule has 1 aromatic carbocycles. The lowest BCUT2D eigenvalue weighted by Crippen LogP contribution is -1.91. The highest BCUT2D eigenvalue weighted by Crippen LogP contribution is 2.19. The van der Waals surface area contributed by atoms with Crippen LogP contribution in [0.25, 0.3) is 11.6 Å². The fraction of sp³-hybridized carbons (Fsp3) is 0. The van der Waals surface area contributed by atoms with Crippen LogP contribution in [-0.4, -0.2) is 15.2 Å². The number of nitrogens with zero attached hydrogens (tertiary/aromatic N) is 2. The number of nitrogens with one attached hydrogen (secondary N) is 2. The van der Waals surface area contributed by atoms with Crippen molar-refractivity contribution in [2.45, 2.75) is 0 Å². The molecule has 0 unspecified atom stereocenters. The second-order valence-electron chi connectivity index (χ2n) is 3.62. The van der Waals surface area contributed by atoms with E-state index in [1.165, 1.54) is 0 Å². The average Bonchev–Trinajstić information content (AvgIpc) is 3.02. The molecule has 2 heterocycles. The van der Waals surface area contributed by atoms with Gasteiger partial charge in [-0.05, 0) is 36.4 Å². The lowest BCUT2D eigenvalue weighted by molar-refractivity contribution is 0.577. The first-order valence-corrected chi connectivity index (χ1v) is 5.68. The first-order chi connectivity index (χ1) is 8.81. The zero-order valence-electron chi connectivity index (χ0n) is 9.22. The number of aromatic nitrogens is 3. The zero-order chi connectivity index (χ0) is 12.4. The predicted molar refractivity (Wildman–Crippen MR) is 68.8 cm³/mol. The van der Waals surface area contributed by atoms with E-state index in [0.717, 1.165) is 5.69 Å². The third-order valence-corrected chi connectivity index (χ3v) is 2.59. The number of H-pyrrole nitrogens is 1. The van der Waals surface area contributed by atoms with Crippen LogP contribution in [0.3, 0.4) is 0 Å². The Kier molecular flexibility index (Phi) is 2.74. The minimum atomic E-state index is 0.476. The van der Waals surface area contributed by atoms with Gasteiger partial charge in [-0.1, -0.05) is 11.6 Å². The summed E-state index contributed by atoms with van der Waals surface area (Å²) in [6.45, 7) is 0. The standard InChI is InChI=1S/C12H9ClN4O/c13-8-3-5-9(6-4-8)14-12-15-11(16-17-12)10-2-1-7-18-10/h1-7H,(H2,14,15,16,17). The first kappa shape index (κ1) is 10.9. The largest absolute Gasteiger partial charge is 0.461 e. The quantitative estimate of drug-likeness (QED) is 0.757. The van der Waals surface area contributed by atoms with Gasteiger partial charge in [0.25, 0.3) is 0 Å². The minimum Gasteiger partial charge on any atom is -0.461 e. The molecule has 90 valence electrons.